The van der Waals surface area contributed by atoms with Gasteiger partial charge in [0, 0.05) is 30.5 Å². The maximum atomic E-state index is 13.0. The molecular weight excluding hydrogens is 428 g/mol. The summed E-state index contributed by atoms with van der Waals surface area (Å²) < 4.78 is 0. The van der Waals surface area contributed by atoms with Crippen LogP contribution in [0.4, 0.5) is 0 Å². The monoisotopic (exact) mass is 458 g/mol. The zero-order valence-electron chi connectivity index (χ0n) is 19.3. The van der Waals surface area contributed by atoms with Gasteiger partial charge in [-0.2, -0.15) is 0 Å². The summed E-state index contributed by atoms with van der Waals surface area (Å²) in [5.74, 6) is -1.44. The molecule has 176 valence electrons. The van der Waals surface area contributed by atoms with Crippen molar-refractivity contribution in [3.63, 3.8) is 0 Å². The van der Waals surface area contributed by atoms with Crippen molar-refractivity contribution in [1.29, 1.82) is 0 Å². The van der Waals surface area contributed by atoms with E-state index in [-0.39, 0.29) is 42.5 Å². The lowest BCUT2D eigenvalue weighted by molar-refractivity contribution is -0.137. The number of carbonyl (C=O) groups excluding carboxylic acids is 2. The topological polar surface area (TPSA) is 109 Å². The van der Waals surface area contributed by atoms with Crippen molar-refractivity contribution < 1.29 is 19.5 Å². The molecule has 1 amide bonds. The van der Waals surface area contributed by atoms with Crippen molar-refractivity contribution in [1.82, 2.24) is 5.32 Å². The van der Waals surface area contributed by atoms with Crippen molar-refractivity contribution in [2.24, 2.45) is 11.7 Å². The number of amides is 1. The molecular formula is C28H30N2O4. The molecule has 4 N–H and O–H groups in total. The quantitative estimate of drug-likeness (QED) is 0.395. The number of carboxylic acid groups (broad SMARTS) is 1. The molecule has 6 nitrogen and oxygen atoms in total. The minimum atomic E-state index is -0.822. The molecule has 6 heteroatoms. The molecule has 3 unspecified atom stereocenters. The smallest absolute Gasteiger partial charge is 0.303 e. The fourth-order valence-corrected chi connectivity index (χ4v) is 4.58. The van der Waals surface area contributed by atoms with Crippen LogP contribution in [0.15, 0.2) is 60.7 Å². The lowest BCUT2D eigenvalue weighted by Crippen LogP contribution is -2.32. The Morgan fingerprint density at radius 3 is 2.59 bits per heavy atom. The van der Waals surface area contributed by atoms with E-state index in [1.54, 1.807) is 6.07 Å². The van der Waals surface area contributed by atoms with E-state index in [4.69, 9.17) is 10.8 Å². The standard InChI is InChI=1S/C28H30N2O4/c1-17(22-10-4-8-19-6-2-3-9-23(19)22)28(34)30-25-15-24(25)27(33)20-13-12-18(21(14-20)16-29)7-5-11-26(31)32/h2-4,6,8-10,12-14,17,24-25H,5,7,11,15-16,29H2,1H3,(H,30,34)(H,31,32). The van der Waals surface area contributed by atoms with Gasteiger partial charge in [0.2, 0.25) is 5.91 Å². The summed E-state index contributed by atoms with van der Waals surface area (Å²) in [7, 11) is 0. The Balaban J connectivity index is 1.39. The van der Waals surface area contributed by atoms with E-state index in [9.17, 15) is 14.4 Å². The fraction of sp³-hybridized carbons (Fsp3) is 0.321. The Morgan fingerprint density at radius 2 is 1.82 bits per heavy atom. The number of nitrogens with two attached hydrogens (primary N) is 1. The average molecular weight is 459 g/mol. The summed E-state index contributed by atoms with van der Waals surface area (Å²) in [6, 6.07) is 19.3. The van der Waals surface area contributed by atoms with E-state index in [0.29, 0.717) is 24.8 Å². The minimum Gasteiger partial charge on any atom is -0.481 e. The van der Waals surface area contributed by atoms with Crippen LogP contribution in [0.3, 0.4) is 0 Å². The summed E-state index contributed by atoms with van der Waals surface area (Å²) in [5.41, 5.74) is 9.29. The number of Topliss-reactive ketones (excluding diaryl/α,β-unsaturated/α-hetero) is 1. The Labute approximate surface area is 199 Å². The molecule has 1 aliphatic carbocycles. The maximum Gasteiger partial charge on any atom is 0.303 e. The number of carboxylic acids is 1. The van der Waals surface area contributed by atoms with Gasteiger partial charge < -0.3 is 16.2 Å². The first-order valence-corrected chi connectivity index (χ1v) is 11.7. The molecule has 0 aromatic heterocycles. The Kier molecular flexibility index (Phi) is 7.08. The lowest BCUT2D eigenvalue weighted by atomic mass is 9.94. The normalized spacial score (nSPS) is 17.8. The van der Waals surface area contributed by atoms with Crippen molar-refractivity contribution in [2.75, 3.05) is 0 Å². The highest BCUT2D eigenvalue weighted by Crippen LogP contribution is 2.35. The first-order valence-electron chi connectivity index (χ1n) is 11.7. The number of nitrogens with one attached hydrogen (secondary N) is 1. The van der Waals surface area contributed by atoms with E-state index in [2.05, 4.69) is 5.32 Å². The third kappa shape index (κ3) is 5.18. The molecule has 34 heavy (non-hydrogen) atoms. The van der Waals surface area contributed by atoms with Gasteiger partial charge in [0.05, 0.1) is 5.92 Å². The zero-order chi connectivity index (χ0) is 24.2. The molecule has 1 saturated carbocycles. The first-order chi connectivity index (χ1) is 16.4. The summed E-state index contributed by atoms with van der Waals surface area (Å²) in [6.07, 6.45) is 1.87. The van der Waals surface area contributed by atoms with E-state index in [0.717, 1.165) is 27.5 Å². The van der Waals surface area contributed by atoms with Crippen LogP contribution in [0.5, 0.6) is 0 Å². The number of aryl methyl sites for hydroxylation is 1. The summed E-state index contributed by atoms with van der Waals surface area (Å²) in [4.78, 5) is 36.7. The van der Waals surface area contributed by atoms with Crippen LogP contribution in [0.2, 0.25) is 0 Å². The lowest BCUT2D eigenvalue weighted by Gasteiger charge is -2.15. The highest BCUT2D eigenvalue weighted by molar-refractivity contribution is 6.01. The van der Waals surface area contributed by atoms with Gasteiger partial charge in [-0.1, -0.05) is 54.6 Å². The molecule has 3 aromatic carbocycles. The summed E-state index contributed by atoms with van der Waals surface area (Å²) in [5, 5.41) is 14.1. The molecule has 0 bridgehead atoms. The number of hydrogen-bond acceptors (Lipinski definition) is 4. The predicted molar refractivity (Wildman–Crippen MR) is 132 cm³/mol. The molecule has 4 rings (SSSR count). The number of carbonyl (C=O) groups is 3. The molecule has 1 fully saturated rings. The van der Waals surface area contributed by atoms with Crippen LogP contribution < -0.4 is 11.1 Å². The highest BCUT2D eigenvalue weighted by Gasteiger charge is 2.44. The predicted octanol–water partition coefficient (Wildman–Crippen LogP) is 4.20. The molecule has 3 aromatic rings. The van der Waals surface area contributed by atoms with E-state index >= 15 is 0 Å². The van der Waals surface area contributed by atoms with Crippen LogP contribution >= 0.6 is 0 Å². The maximum absolute atomic E-state index is 13.0. The number of rotatable bonds is 10. The fourth-order valence-electron chi connectivity index (χ4n) is 4.58. The number of fused-ring (bicyclic) bond motifs is 1. The van der Waals surface area contributed by atoms with Crippen molar-refractivity contribution >= 4 is 28.4 Å². The zero-order valence-corrected chi connectivity index (χ0v) is 19.3. The van der Waals surface area contributed by atoms with Gasteiger partial charge in [0.1, 0.15) is 0 Å². The number of hydrogen-bond donors (Lipinski definition) is 3. The van der Waals surface area contributed by atoms with Gasteiger partial charge in [-0.05, 0) is 59.7 Å². The third-order valence-corrected chi connectivity index (χ3v) is 6.69. The van der Waals surface area contributed by atoms with Gasteiger partial charge in [-0.25, -0.2) is 0 Å². The molecule has 1 aliphatic rings. The van der Waals surface area contributed by atoms with Gasteiger partial charge in [-0.15, -0.1) is 0 Å². The second-order valence-electron chi connectivity index (χ2n) is 9.05. The van der Waals surface area contributed by atoms with Gasteiger partial charge >= 0.3 is 5.97 Å². The first kappa shape index (κ1) is 23.6. The van der Waals surface area contributed by atoms with Crippen molar-refractivity contribution in [3.8, 4) is 0 Å². The van der Waals surface area contributed by atoms with Crippen LogP contribution in [-0.4, -0.2) is 28.8 Å². The number of benzene rings is 3. The summed E-state index contributed by atoms with van der Waals surface area (Å²) in [6.45, 7) is 2.18. The Hall–Kier alpha value is -3.51. The highest BCUT2D eigenvalue weighted by atomic mass is 16.4. The van der Waals surface area contributed by atoms with Gasteiger partial charge in [-0.3, -0.25) is 14.4 Å². The SMILES string of the molecule is CC(C(=O)NC1CC1C(=O)c1ccc(CCCC(=O)O)c(CN)c1)c1cccc2ccccc12. The van der Waals surface area contributed by atoms with E-state index < -0.39 is 5.97 Å². The van der Waals surface area contributed by atoms with Crippen molar-refractivity contribution in [2.45, 2.75) is 51.1 Å². The minimum absolute atomic E-state index is 0.00917. The number of aliphatic carboxylic acids is 1. The molecule has 0 saturated heterocycles. The van der Waals surface area contributed by atoms with E-state index in [1.807, 2.05) is 61.5 Å². The molecule has 0 radical (unpaired) electrons. The third-order valence-electron chi connectivity index (χ3n) is 6.69. The number of ketones is 1. The van der Waals surface area contributed by atoms with Crippen LogP contribution in [0, 0.1) is 5.92 Å². The second-order valence-corrected chi connectivity index (χ2v) is 9.05. The largest absolute Gasteiger partial charge is 0.481 e. The van der Waals surface area contributed by atoms with Crippen LogP contribution in [0.25, 0.3) is 10.8 Å². The van der Waals surface area contributed by atoms with E-state index in [1.165, 1.54) is 0 Å². The summed E-state index contributed by atoms with van der Waals surface area (Å²) >= 11 is 0. The average Bonchev–Trinajstić information content (AvgIpc) is 3.61. The Bertz CT molecular complexity index is 1230. The van der Waals surface area contributed by atoms with Gasteiger partial charge in [0.25, 0.3) is 0 Å². The molecule has 0 heterocycles. The molecule has 3 atom stereocenters. The second kappa shape index (κ2) is 10.2. The molecule has 0 aliphatic heterocycles. The van der Waals surface area contributed by atoms with Crippen LogP contribution in [-0.2, 0) is 22.6 Å². The molecule has 0 spiro atoms. The van der Waals surface area contributed by atoms with Crippen molar-refractivity contribution in [3.05, 3.63) is 82.9 Å². The Morgan fingerprint density at radius 1 is 1.06 bits per heavy atom. The van der Waals surface area contributed by atoms with Gasteiger partial charge in [0.15, 0.2) is 5.78 Å². The van der Waals surface area contributed by atoms with Crippen LogP contribution in [0.1, 0.15) is 59.2 Å².